The number of hydrogen-bond donors (Lipinski definition) is 0. The van der Waals surface area contributed by atoms with E-state index in [4.69, 9.17) is 9.47 Å². The van der Waals surface area contributed by atoms with Gasteiger partial charge in [0.25, 0.3) is 0 Å². The van der Waals surface area contributed by atoms with E-state index in [9.17, 15) is 0 Å². The fourth-order valence-electron chi connectivity index (χ4n) is 1.40. The Hall–Kier alpha value is -1.38. The average Bonchev–Trinajstić information content (AvgIpc) is 2.28. The van der Waals surface area contributed by atoms with E-state index >= 15 is 0 Å². The van der Waals surface area contributed by atoms with E-state index < -0.39 is 0 Å². The highest BCUT2D eigenvalue weighted by Gasteiger charge is 2.12. The Kier molecular flexibility index (Phi) is 4.28. The zero-order chi connectivity index (χ0) is 11.3. The molecular formula is C11H13NO2S. The first kappa shape index (κ1) is 11.7. The van der Waals surface area contributed by atoms with Crippen LogP contribution < -0.4 is 9.47 Å². The molecule has 0 radical (unpaired) electrons. The number of thiocarbonyl (C=S) groups is 1. The molecule has 4 heteroatoms. The molecule has 0 aliphatic rings. The third kappa shape index (κ3) is 2.35. The first-order valence-electron chi connectivity index (χ1n) is 4.60. The Morgan fingerprint density at radius 3 is 2.53 bits per heavy atom. The van der Waals surface area contributed by atoms with Gasteiger partial charge in [0.05, 0.1) is 19.4 Å². The van der Waals surface area contributed by atoms with Crippen molar-refractivity contribution in [1.29, 1.82) is 0 Å². The average molecular weight is 223 g/mol. The van der Waals surface area contributed by atoms with Crippen LogP contribution in [0.1, 0.15) is 12.5 Å². The summed E-state index contributed by atoms with van der Waals surface area (Å²) in [5.74, 6) is 1.26. The van der Waals surface area contributed by atoms with Crippen molar-refractivity contribution in [2.75, 3.05) is 14.2 Å². The molecule has 0 amide bonds. The summed E-state index contributed by atoms with van der Waals surface area (Å²) in [5, 5.41) is 2.36. The number of aryl methyl sites for hydroxylation is 1. The molecule has 0 aliphatic carbocycles. The molecule has 15 heavy (non-hydrogen) atoms. The molecule has 0 saturated heterocycles. The van der Waals surface area contributed by atoms with Gasteiger partial charge in [-0.1, -0.05) is 13.0 Å². The third-order valence-electron chi connectivity index (χ3n) is 2.14. The van der Waals surface area contributed by atoms with Crippen LogP contribution in [0, 0.1) is 0 Å². The molecule has 0 heterocycles. The van der Waals surface area contributed by atoms with Crippen LogP contribution in [0.25, 0.3) is 0 Å². The second-order valence-corrected chi connectivity index (χ2v) is 3.05. The van der Waals surface area contributed by atoms with Crippen LogP contribution in [0.15, 0.2) is 17.1 Å². The predicted octanol–water partition coefficient (Wildman–Crippen LogP) is 3.00. The van der Waals surface area contributed by atoms with Gasteiger partial charge in [-0.3, -0.25) is 0 Å². The topological polar surface area (TPSA) is 30.8 Å². The number of methoxy groups -OCH3 is 2. The van der Waals surface area contributed by atoms with Crippen molar-refractivity contribution >= 4 is 23.1 Å². The lowest BCUT2D eigenvalue weighted by Crippen LogP contribution is -1.93. The van der Waals surface area contributed by atoms with E-state index in [1.165, 1.54) is 0 Å². The minimum Gasteiger partial charge on any atom is -0.493 e. The Morgan fingerprint density at radius 1 is 1.33 bits per heavy atom. The second-order valence-electron chi connectivity index (χ2n) is 2.87. The van der Waals surface area contributed by atoms with Crippen LogP contribution in [0.2, 0.25) is 0 Å². The van der Waals surface area contributed by atoms with Crippen molar-refractivity contribution in [2.24, 2.45) is 4.99 Å². The largest absolute Gasteiger partial charge is 0.493 e. The van der Waals surface area contributed by atoms with Crippen molar-refractivity contribution in [3.8, 4) is 11.5 Å². The standard InChI is InChI=1S/C11H13NO2S/c1-4-8-5-6-9(13-2)11(14-3)10(8)12-7-15/h5-6H,4H2,1-3H3. The zero-order valence-corrected chi connectivity index (χ0v) is 9.85. The van der Waals surface area contributed by atoms with Gasteiger partial charge in [-0.2, -0.15) is 4.99 Å². The summed E-state index contributed by atoms with van der Waals surface area (Å²) in [6.07, 6.45) is 0.857. The van der Waals surface area contributed by atoms with E-state index in [0.717, 1.165) is 12.0 Å². The number of hydrogen-bond acceptors (Lipinski definition) is 4. The number of aliphatic imine (C=N–C) groups is 1. The van der Waals surface area contributed by atoms with Gasteiger partial charge in [0.1, 0.15) is 5.69 Å². The summed E-state index contributed by atoms with van der Waals surface area (Å²) in [7, 11) is 3.17. The molecule has 0 bridgehead atoms. The maximum absolute atomic E-state index is 5.26. The molecule has 0 aromatic heterocycles. The Bertz CT molecular complexity index is 398. The van der Waals surface area contributed by atoms with Gasteiger partial charge in [0.2, 0.25) is 0 Å². The summed E-state index contributed by atoms with van der Waals surface area (Å²) >= 11 is 4.62. The number of ether oxygens (including phenoxy) is 2. The van der Waals surface area contributed by atoms with Gasteiger partial charge in [-0.25, -0.2) is 0 Å². The van der Waals surface area contributed by atoms with Crippen LogP contribution >= 0.6 is 12.2 Å². The SMILES string of the molecule is CCc1ccc(OC)c(OC)c1N=C=S. The second kappa shape index (κ2) is 5.49. The number of benzene rings is 1. The summed E-state index contributed by atoms with van der Waals surface area (Å²) in [5.41, 5.74) is 1.76. The van der Waals surface area contributed by atoms with Crippen molar-refractivity contribution in [1.82, 2.24) is 0 Å². The van der Waals surface area contributed by atoms with Gasteiger partial charge >= 0.3 is 0 Å². The van der Waals surface area contributed by atoms with Crippen molar-refractivity contribution in [3.63, 3.8) is 0 Å². The lowest BCUT2D eigenvalue weighted by Gasteiger charge is -2.12. The van der Waals surface area contributed by atoms with E-state index in [-0.39, 0.29) is 0 Å². The fourth-order valence-corrected chi connectivity index (χ4v) is 1.50. The first-order chi connectivity index (χ1) is 7.28. The van der Waals surface area contributed by atoms with Crippen molar-refractivity contribution in [2.45, 2.75) is 13.3 Å². The van der Waals surface area contributed by atoms with Gasteiger partial charge in [0.15, 0.2) is 11.5 Å². The summed E-state index contributed by atoms with van der Waals surface area (Å²) in [4.78, 5) is 4.02. The van der Waals surface area contributed by atoms with E-state index in [2.05, 4.69) is 22.4 Å². The van der Waals surface area contributed by atoms with E-state index in [1.54, 1.807) is 14.2 Å². The lowest BCUT2D eigenvalue weighted by atomic mass is 10.1. The van der Waals surface area contributed by atoms with Gasteiger partial charge in [-0.15, -0.1) is 0 Å². The Balaban J connectivity index is 3.43. The highest BCUT2D eigenvalue weighted by Crippen LogP contribution is 2.39. The summed E-state index contributed by atoms with van der Waals surface area (Å²) < 4.78 is 10.4. The molecule has 1 aromatic carbocycles. The normalized spacial score (nSPS) is 9.27. The molecule has 0 spiro atoms. The molecule has 80 valence electrons. The Morgan fingerprint density at radius 2 is 2.07 bits per heavy atom. The molecule has 0 N–H and O–H groups in total. The van der Waals surface area contributed by atoms with E-state index in [0.29, 0.717) is 17.2 Å². The molecule has 0 atom stereocenters. The van der Waals surface area contributed by atoms with Crippen molar-refractivity contribution in [3.05, 3.63) is 17.7 Å². The van der Waals surface area contributed by atoms with Gasteiger partial charge < -0.3 is 9.47 Å². The molecule has 1 rings (SSSR count). The zero-order valence-electron chi connectivity index (χ0n) is 9.03. The van der Waals surface area contributed by atoms with Gasteiger partial charge in [0, 0.05) is 0 Å². The molecule has 0 unspecified atom stereocenters. The summed E-state index contributed by atoms with van der Waals surface area (Å²) in [6.45, 7) is 2.05. The third-order valence-corrected chi connectivity index (χ3v) is 2.23. The monoisotopic (exact) mass is 223 g/mol. The van der Waals surface area contributed by atoms with Gasteiger partial charge in [-0.05, 0) is 30.3 Å². The quantitative estimate of drug-likeness (QED) is 0.580. The highest BCUT2D eigenvalue weighted by molar-refractivity contribution is 7.78. The molecular weight excluding hydrogens is 210 g/mol. The molecule has 1 aromatic rings. The molecule has 3 nitrogen and oxygen atoms in total. The molecule has 0 fully saturated rings. The lowest BCUT2D eigenvalue weighted by molar-refractivity contribution is 0.355. The first-order valence-corrected chi connectivity index (χ1v) is 5.01. The molecule has 0 aliphatic heterocycles. The van der Waals surface area contributed by atoms with Crippen LogP contribution in [-0.4, -0.2) is 19.4 Å². The Labute approximate surface area is 94.7 Å². The fraction of sp³-hybridized carbons (Fsp3) is 0.364. The van der Waals surface area contributed by atoms with E-state index in [1.807, 2.05) is 19.1 Å². The predicted molar refractivity (Wildman–Crippen MR) is 63.6 cm³/mol. The number of nitrogens with zero attached hydrogens (tertiary/aromatic N) is 1. The maximum Gasteiger partial charge on any atom is 0.187 e. The maximum atomic E-state index is 5.26. The minimum absolute atomic E-state index is 0.606. The highest BCUT2D eigenvalue weighted by atomic mass is 32.1. The smallest absolute Gasteiger partial charge is 0.187 e. The number of rotatable bonds is 4. The van der Waals surface area contributed by atoms with Crippen LogP contribution in [0.5, 0.6) is 11.5 Å². The van der Waals surface area contributed by atoms with Crippen LogP contribution in [-0.2, 0) is 6.42 Å². The number of isothiocyanates is 1. The minimum atomic E-state index is 0.606. The molecule has 0 saturated carbocycles. The summed E-state index contributed by atoms with van der Waals surface area (Å²) in [6, 6.07) is 3.81. The van der Waals surface area contributed by atoms with Crippen molar-refractivity contribution < 1.29 is 9.47 Å². The van der Waals surface area contributed by atoms with Crippen LogP contribution in [0.3, 0.4) is 0 Å². The van der Waals surface area contributed by atoms with Crippen LogP contribution in [0.4, 0.5) is 5.69 Å².